The molecule has 1 aliphatic rings. The number of benzene rings is 2. The van der Waals surface area contributed by atoms with Gasteiger partial charge >= 0.3 is 0 Å². The molecule has 2 aromatic carbocycles. The second kappa shape index (κ2) is 8.85. The van der Waals surface area contributed by atoms with Crippen molar-refractivity contribution in [2.24, 2.45) is 4.99 Å². The van der Waals surface area contributed by atoms with E-state index in [9.17, 15) is 9.18 Å². The monoisotopic (exact) mass is 430 g/mol. The minimum atomic E-state index is -0.694. The number of para-hydroxylation sites is 1. The molecule has 2 heterocycles. The molecule has 1 aromatic heterocycles. The Bertz CT molecular complexity index is 1160. The van der Waals surface area contributed by atoms with Gasteiger partial charge in [0, 0.05) is 18.5 Å². The summed E-state index contributed by atoms with van der Waals surface area (Å²) >= 11 is 5.87. The van der Waals surface area contributed by atoms with E-state index in [2.05, 4.69) is 10.3 Å². The second-order valence-corrected chi connectivity index (χ2v) is 7.28. The van der Waals surface area contributed by atoms with Gasteiger partial charge in [-0.1, -0.05) is 29.8 Å². The molecule has 1 saturated heterocycles. The first-order chi connectivity index (χ1) is 14.6. The number of nitrogens with zero attached hydrogens (tertiary/aromatic N) is 1. The van der Waals surface area contributed by atoms with Crippen LogP contribution in [-0.4, -0.2) is 32.3 Å². The van der Waals surface area contributed by atoms with Crippen molar-refractivity contribution in [2.45, 2.75) is 18.9 Å². The number of rotatable bonds is 5. The Balaban J connectivity index is 1.82. The lowest BCUT2D eigenvalue weighted by molar-refractivity contribution is 0.0854. The van der Waals surface area contributed by atoms with E-state index in [1.165, 1.54) is 19.2 Å². The van der Waals surface area contributed by atoms with Crippen LogP contribution in [0, 0.1) is 5.82 Å². The predicted molar refractivity (Wildman–Crippen MR) is 111 cm³/mol. The van der Waals surface area contributed by atoms with Gasteiger partial charge < -0.3 is 19.2 Å². The van der Waals surface area contributed by atoms with Crippen molar-refractivity contribution in [3.05, 3.63) is 64.4 Å². The first-order valence-corrected chi connectivity index (χ1v) is 9.94. The molecular formula is C22H20ClFN2O4. The maximum atomic E-state index is 14.4. The molecule has 0 bridgehead atoms. The van der Waals surface area contributed by atoms with E-state index in [0.29, 0.717) is 29.9 Å². The summed E-state index contributed by atoms with van der Waals surface area (Å²) in [5, 5.41) is 3.44. The summed E-state index contributed by atoms with van der Waals surface area (Å²) in [6.07, 6.45) is 1.85. The molecule has 0 aliphatic carbocycles. The van der Waals surface area contributed by atoms with Crippen LogP contribution in [0.5, 0.6) is 5.75 Å². The topological polar surface area (TPSA) is 73.1 Å². The van der Waals surface area contributed by atoms with Crippen LogP contribution in [0.1, 0.15) is 23.2 Å². The van der Waals surface area contributed by atoms with E-state index in [0.717, 1.165) is 12.8 Å². The maximum absolute atomic E-state index is 14.4. The van der Waals surface area contributed by atoms with Gasteiger partial charge in [0.25, 0.3) is 5.91 Å². The molecule has 3 aromatic rings. The molecule has 156 valence electrons. The number of fused-ring (bicyclic) bond motifs is 1. The van der Waals surface area contributed by atoms with Crippen molar-refractivity contribution in [3.8, 4) is 5.75 Å². The van der Waals surface area contributed by atoms with Crippen molar-refractivity contribution in [3.63, 3.8) is 0 Å². The smallest absolute Gasteiger partial charge is 0.256 e. The average molecular weight is 431 g/mol. The first kappa shape index (κ1) is 20.4. The van der Waals surface area contributed by atoms with Gasteiger partial charge in [-0.25, -0.2) is 9.38 Å². The molecule has 1 amide bonds. The lowest BCUT2D eigenvalue weighted by atomic mass is 10.1. The van der Waals surface area contributed by atoms with Crippen LogP contribution in [0.3, 0.4) is 0 Å². The fraction of sp³-hybridized carbons (Fsp3) is 0.273. The molecule has 1 N–H and O–H groups in total. The third-order valence-corrected chi connectivity index (χ3v) is 5.16. The van der Waals surface area contributed by atoms with Crippen LogP contribution >= 0.6 is 11.6 Å². The molecule has 0 unspecified atom stereocenters. The van der Waals surface area contributed by atoms with Gasteiger partial charge in [-0.3, -0.25) is 4.79 Å². The van der Waals surface area contributed by atoms with E-state index < -0.39 is 5.82 Å². The van der Waals surface area contributed by atoms with Crippen molar-refractivity contribution in [1.29, 1.82) is 0 Å². The number of ether oxygens (including phenoxy) is 2. The number of hydrogen-bond acceptors (Lipinski definition) is 5. The lowest BCUT2D eigenvalue weighted by Crippen LogP contribution is -2.34. The van der Waals surface area contributed by atoms with Crippen molar-refractivity contribution in [1.82, 2.24) is 5.32 Å². The van der Waals surface area contributed by atoms with Crippen molar-refractivity contribution >= 4 is 34.2 Å². The average Bonchev–Trinajstić information content (AvgIpc) is 3.28. The Morgan fingerprint density at radius 3 is 2.93 bits per heavy atom. The summed E-state index contributed by atoms with van der Waals surface area (Å²) in [4.78, 5) is 17.2. The highest BCUT2D eigenvalue weighted by atomic mass is 35.5. The zero-order valence-corrected chi connectivity index (χ0v) is 17.0. The first-order valence-electron chi connectivity index (χ1n) is 9.56. The summed E-state index contributed by atoms with van der Waals surface area (Å²) in [7, 11) is 1.51. The number of halogens is 2. The summed E-state index contributed by atoms with van der Waals surface area (Å²) in [6, 6.07) is 11.4. The Hall–Kier alpha value is -2.90. The fourth-order valence-electron chi connectivity index (χ4n) is 3.33. The van der Waals surface area contributed by atoms with Crippen LogP contribution in [0.25, 0.3) is 11.0 Å². The van der Waals surface area contributed by atoms with Gasteiger partial charge in [-0.05, 0) is 37.1 Å². The van der Waals surface area contributed by atoms with Gasteiger partial charge in [-0.15, -0.1) is 0 Å². The predicted octanol–water partition coefficient (Wildman–Crippen LogP) is 4.38. The molecule has 30 heavy (non-hydrogen) atoms. The number of nitrogens with one attached hydrogen (secondary N) is 1. The number of amides is 1. The largest absolute Gasteiger partial charge is 0.493 e. The Morgan fingerprint density at radius 2 is 2.17 bits per heavy atom. The minimum Gasteiger partial charge on any atom is -0.493 e. The summed E-state index contributed by atoms with van der Waals surface area (Å²) in [5.41, 5.74) is 0.497. The number of methoxy groups -OCH3 is 1. The minimum absolute atomic E-state index is 0.0165. The van der Waals surface area contributed by atoms with E-state index in [-0.39, 0.29) is 33.8 Å². The van der Waals surface area contributed by atoms with E-state index in [4.69, 9.17) is 25.5 Å². The highest BCUT2D eigenvalue weighted by Crippen LogP contribution is 2.27. The SMILES string of the molecule is COc1cccc2cc(C(=O)NC[C@H]3CCCO3)c(=Nc3cccc(Cl)c3F)oc12. The van der Waals surface area contributed by atoms with Crippen LogP contribution in [0.2, 0.25) is 5.02 Å². The maximum Gasteiger partial charge on any atom is 0.256 e. The third kappa shape index (κ3) is 4.17. The molecule has 0 saturated carbocycles. The van der Waals surface area contributed by atoms with Gasteiger partial charge in [0.2, 0.25) is 5.55 Å². The van der Waals surface area contributed by atoms with Crippen molar-refractivity contribution < 1.29 is 23.1 Å². The molecule has 0 radical (unpaired) electrons. The summed E-state index contributed by atoms with van der Waals surface area (Å²) in [5.74, 6) is -0.609. The Morgan fingerprint density at radius 1 is 1.33 bits per heavy atom. The highest BCUT2D eigenvalue weighted by molar-refractivity contribution is 6.31. The molecule has 4 rings (SSSR count). The van der Waals surface area contributed by atoms with Gasteiger partial charge in [0.15, 0.2) is 17.1 Å². The molecule has 1 atom stereocenters. The molecule has 0 spiro atoms. The standard InChI is InChI=1S/C22H20ClFN2O4/c1-28-18-9-2-5-13-11-15(21(27)25-12-14-6-4-10-29-14)22(30-20(13)18)26-17-8-3-7-16(23)19(17)24/h2-3,5,7-9,11,14H,4,6,10,12H2,1H3,(H,25,27)/t14-/m1/s1. The zero-order chi connectivity index (χ0) is 21.1. The molecule has 1 fully saturated rings. The number of carbonyl (C=O) groups excluding carboxylic acids is 1. The normalized spacial score (nSPS) is 16.8. The van der Waals surface area contributed by atoms with Crippen LogP contribution in [-0.2, 0) is 4.74 Å². The third-order valence-electron chi connectivity index (χ3n) is 4.87. The fourth-order valence-corrected chi connectivity index (χ4v) is 3.50. The Kier molecular flexibility index (Phi) is 6.01. The quantitative estimate of drug-likeness (QED) is 0.652. The van der Waals surface area contributed by atoms with Crippen LogP contribution in [0.4, 0.5) is 10.1 Å². The lowest BCUT2D eigenvalue weighted by Gasteiger charge is -2.12. The molecule has 8 heteroatoms. The molecular weight excluding hydrogens is 411 g/mol. The summed E-state index contributed by atoms with van der Waals surface area (Å²) in [6.45, 7) is 1.07. The van der Waals surface area contributed by atoms with Gasteiger partial charge in [0.1, 0.15) is 11.3 Å². The van der Waals surface area contributed by atoms with Crippen LogP contribution in [0.15, 0.2) is 51.9 Å². The number of carbonyl (C=O) groups is 1. The summed E-state index contributed by atoms with van der Waals surface area (Å²) < 4.78 is 31.2. The van der Waals surface area contributed by atoms with Crippen molar-refractivity contribution in [2.75, 3.05) is 20.3 Å². The van der Waals surface area contributed by atoms with E-state index >= 15 is 0 Å². The highest BCUT2D eigenvalue weighted by Gasteiger charge is 2.19. The van der Waals surface area contributed by atoms with E-state index in [1.807, 2.05) is 0 Å². The molecule has 6 nitrogen and oxygen atoms in total. The Labute approximate surface area is 177 Å². The van der Waals surface area contributed by atoms with Crippen LogP contribution < -0.4 is 15.6 Å². The molecule has 1 aliphatic heterocycles. The van der Waals surface area contributed by atoms with Gasteiger partial charge in [0.05, 0.1) is 18.2 Å². The second-order valence-electron chi connectivity index (χ2n) is 6.87. The van der Waals surface area contributed by atoms with Gasteiger partial charge in [-0.2, -0.15) is 0 Å². The van der Waals surface area contributed by atoms with E-state index in [1.54, 1.807) is 30.3 Å². The number of hydrogen-bond donors (Lipinski definition) is 1. The zero-order valence-electron chi connectivity index (χ0n) is 16.3.